The zero-order valence-corrected chi connectivity index (χ0v) is 19.7. The fourth-order valence-corrected chi connectivity index (χ4v) is 5.73. The van der Waals surface area contributed by atoms with Crippen molar-refractivity contribution in [2.24, 2.45) is 11.8 Å². The molecular weight excluding hydrogens is 408 g/mol. The minimum Gasteiger partial charge on any atom is -0.398 e. The summed E-state index contributed by atoms with van der Waals surface area (Å²) in [6.45, 7) is 6.72. The minimum atomic E-state index is 0.0708. The van der Waals surface area contributed by atoms with Crippen LogP contribution in [0.2, 0.25) is 0 Å². The standard InChI is InChI=1S/C27H36N6/c1-18-3-5-19(6-4-18)26-24(20-7-8-21(14-28)25(29)13-20)17-32(2)27(31-26)33-11-9-22-15-30-16-23(22)10-12-33/h3-8,13-14,17,22-23,26-28,30-31H,9-12,15-16,29H2,1-2H3. The molecule has 0 radical (unpaired) electrons. The summed E-state index contributed by atoms with van der Waals surface area (Å²) < 4.78 is 0. The second kappa shape index (κ2) is 9.29. The molecule has 6 nitrogen and oxygen atoms in total. The van der Waals surface area contributed by atoms with Gasteiger partial charge in [-0.25, -0.2) is 0 Å². The van der Waals surface area contributed by atoms with E-state index in [4.69, 9.17) is 11.1 Å². The number of anilines is 1. The van der Waals surface area contributed by atoms with Gasteiger partial charge < -0.3 is 21.4 Å². The van der Waals surface area contributed by atoms with Gasteiger partial charge in [0.05, 0.1) is 6.04 Å². The maximum absolute atomic E-state index is 7.58. The molecule has 3 aliphatic rings. The molecule has 4 unspecified atom stereocenters. The van der Waals surface area contributed by atoms with Gasteiger partial charge in [-0.1, -0.05) is 42.0 Å². The van der Waals surface area contributed by atoms with Crippen molar-refractivity contribution >= 4 is 17.5 Å². The summed E-state index contributed by atoms with van der Waals surface area (Å²) in [7, 11) is 2.17. The van der Waals surface area contributed by atoms with E-state index in [0.29, 0.717) is 5.69 Å². The Balaban J connectivity index is 1.47. The summed E-state index contributed by atoms with van der Waals surface area (Å²) >= 11 is 0. The number of hydrogen-bond acceptors (Lipinski definition) is 6. The van der Waals surface area contributed by atoms with Crippen LogP contribution in [0.4, 0.5) is 5.69 Å². The van der Waals surface area contributed by atoms with Crippen LogP contribution in [-0.4, -0.2) is 55.5 Å². The molecule has 3 aliphatic heterocycles. The van der Waals surface area contributed by atoms with Crippen LogP contribution >= 0.6 is 0 Å². The van der Waals surface area contributed by atoms with Crippen LogP contribution in [-0.2, 0) is 0 Å². The van der Waals surface area contributed by atoms with E-state index in [1.165, 1.54) is 48.8 Å². The lowest BCUT2D eigenvalue weighted by molar-refractivity contribution is 0.0533. The molecule has 5 N–H and O–H groups in total. The fraction of sp³-hybridized carbons (Fsp3) is 0.444. The molecule has 0 amide bonds. The molecule has 4 atom stereocenters. The van der Waals surface area contributed by atoms with Gasteiger partial charge in [-0.2, -0.15) is 0 Å². The minimum absolute atomic E-state index is 0.0708. The number of aryl methyl sites for hydroxylation is 1. The predicted molar refractivity (Wildman–Crippen MR) is 136 cm³/mol. The SMILES string of the molecule is Cc1ccc(C2NC(N3CCC4CNCC4CC3)N(C)C=C2c2ccc(C=N)c(N)c2)cc1. The molecule has 0 aromatic heterocycles. The Kier molecular flexibility index (Phi) is 6.23. The Bertz CT molecular complexity index is 1020. The first-order chi connectivity index (χ1) is 16.0. The van der Waals surface area contributed by atoms with Crippen LogP contribution < -0.4 is 16.4 Å². The molecule has 2 aromatic rings. The average Bonchev–Trinajstić information content (AvgIpc) is 3.18. The van der Waals surface area contributed by atoms with Gasteiger partial charge in [0.1, 0.15) is 6.29 Å². The lowest BCUT2D eigenvalue weighted by Crippen LogP contribution is -2.57. The second-order valence-corrected chi connectivity index (χ2v) is 9.91. The summed E-state index contributed by atoms with van der Waals surface area (Å²) in [6, 6.07) is 14.9. The highest BCUT2D eigenvalue weighted by atomic mass is 15.5. The van der Waals surface area contributed by atoms with E-state index < -0.39 is 0 Å². The summed E-state index contributed by atoms with van der Waals surface area (Å²) in [6.07, 6.45) is 6.28. The number of rotatable bonds is 4. The number of nitrogens with two attached hydrogens (primary N) is 1. The van der Waals surface area contributed by atoms with Gasteiger partial charge in [-0.15, -0.1) is 0 Å². The van der Waals surface area contributed by atoms with Crippen molar-refractivity contribution in [3.05, 3.63) is 70.9 Å². The molecule has 2 saturated heterocycles. The number of hydrogen-bond donors (Lipinski definition) is 4. The first-order valence-electron chi connectivity index (χ1n) is 12.1. The monoisotopic (exact) mass is 444 g/mol. The van der Waals surface area contributed by atoms with Crippen LogP contribution in [0.3, 0.4) is 0 Å². The number of nitrogen functional groups attached to an aromatic ring is 1. The Morgan fingerprint density at radius 2 is 1.73 bits per heavy atom. The van der Waals surface area contributed by atoms with Gasteiger partial charge in [-0.05, 0) is 67.5 Å². The van der Waals surface area contributed by atoms with Crippen molar-refractivity contribution in [1.82, 2.24) is 20.4 Å². The Labute approximate surface area is 197 Å². The highest BCUT2D eigenvalue weighted by Gasteiger charge is 2.36. The van der Waals surface area contributed by atoms with Crippen LogP contribution in [0.1, 0.15) is 41.1 Å². The molecule has 3 heterocycles. The van der Waals surface area contributed by atoms with E-state index in [2.05, 4.69) is 70.9 Å². The van der Waals surface area contributed by atoms with Crippen molar-refractivity contribution < 1.29 is 0 Å². The maximum atomic E-state index is 7.58. The van der Waals surface area contributed by atoms with Gasteiger partial charge in [0.25, 0.3) is 0 Å². The summed E-state index contributed by atoms with van der Waals surface area (Å²) in [5, 5.41) is 15.1. The second-order valence-electron chi connectivity index (χ2n) is 9.91. The normalized spacial score (nSPS) is 28.2. The van der Waals surface area contributed by atoms with Gasteiger partial charge in [0, 0.05) is 43.8 Å². The maximum Gasteiger partial charge on any atom is 0.137 e. The molecule has 0 aliphatic carbocycles. The van der Waals surface area contributed by atoms with E-state index in [0.717, 1.165) is 36.1 Å². The molecule has 0 bridgehead atoms. The van der Waals surface area contributed by atoms with E-state index in [1.54, 1.807) is 0 Å². The molecule has 2 fully saturated rings. The highest BCUT2D eigenvalue weighted by Crippen LogP contribution is 2.37. The van der Waals surface area contributed by atoms with Crippen molar-refractivity contribution in [2.45, 2.75) is 32.1 Å². The molecule has 6 heteroatoms. The predicted octanol–water partition coefficient (Wildman–Crippen LogP) is 3.41. The number of benzene rings is 2. The largest absolute Gasteiger partial charge is 0.398 e. The van der Waals surface area contributed by atoms with Crippen molar-refractivity contribution in [2.75, 3.05) is 39.0 Å². The van der Waals surface area contributed by atoms with E-state index in [1.807, 2.05) is 12.1 Å². The molecule has 0 saturated carbocycles. The smallest absolute Gasteiger partial charge is 0.137 e. The first-order valence-corrected chi connectivity index (χ1v) is 12.1. The Morgan fingerprint density at radius 3 is 2.36 bits per heavy atom. The van der Waals surface area contributed by atoms with Gasteiger partial charge in [0.2, 0.25) is 0 Å². The fourth-order valence-electron chi connectivity index (χ4n) is 5.73. The molecular formula is C27H36N6. The third kappa shape index (κ3) is 4.43. The molecule has 33 heavy (non-hydrogen) atoms. The lowest BCUT2D eigenvalue weighted by Gasteiger charge is -2.44. The van der Waals surface area contributed by atoms with Crippen molar-refractivity contribution in [1.29, 1.82) is 5.41 Å². The number of nitrogens with zero attached hydrogens (tertiary/aromatic N) is 2. The average molecular weight is 445 g/mol. The van der Waals surface area contributed by atoms with Gasteiger partial charge in [-0.3, -0.25) is 10.2 Å². The lowest BCUT2D eigenvalue weighted by atomic mass is 9.90. The van der Waals surface area contributed by atoms with Crippen molar-refractivity contribution in [3.8, 4) is 0 Å². The Morgan fingerprint density at radius 1 is 1.03 bits per heavy atom. The van der Waals surface area contributed by atoms with E-state index in [9.17, 15) is 0 Å². The number of likely N-dealkylation sites (tertiary alicyclic amines) is 1. The quantitative estimate of drug-likeness (QED) is 0.429. The zero-order chi connectivity index (χ0) is 22.9. The molecule has 5 rings (SSSR count). The summed E-state index contributed by atoms with van der Waals surface area (Å²) in [5.74, 6) is 1.64. The molecule has 174 valence electrons. The highest BCUT2D eigenvalue weighted by molar-refractivity contribution is 5.87. The number of nitrogens with one attached hydrogen (secondary N) is 3. The Hall–Kier alpha value is -2.67. The van der Waals surface area contributed by atoms with Crippen LogP contribution in [0, 0.1) is 24.2 Å². The van der Waals surface area contributed by atoms with Gasteiger partial charge >= 0.3 is 0 Å². The topological polar surface area (TPSA) is 80.4 Å². The molecule has 2 aromatic carbocycles. The van der Waals surface area contributed by atoms with Crippen molar-refractivity contribution in [3.63, 3.8) is 0 Å². The zero-order valence-electron chi connectivity index (χ0n) is 19.7. The first kappa shape index (κ1) is 22.1. The summed E-state index contributed by atoms with van der Waals surface area (Å²) in [5.41, 5.74) is 12.5. The number of fused-ring (bicyclic) bond motifs is 1. The van der Waals surface area contributed by atoms with Crippen LogP contribution in [0.25, 0.3) is 5.57 Å². The van der Waals surface area contributed by atoms with Crippen LogP contribution in [0.5, 0.6) is 0 Å². The summed E-state index contributed by atoms with van der Waals surface area (Å²) in [4.78, 5) is 4.94. The third-order valence-electron chi connectivity index (χ3n) is 7.74. The molecule has 0 spiro atoms. The third-order valence-corrected chi connectivity index (χ3v) is 7.74. The van der Waals surface area contributed by atoms with E-state index >= 15 is 0 Å². The van der Waals surface area contributed by atoms with Gasteiger partial charge in [0.15, 0.2) is 0 Å². The van der Waals surface area contributed by atoms with Crippen LogP contribution in [0.15, 0.2) is 48.7 Å². The van der Waals surface area contributed by atoms with E-state index in [-0.39, 0.29) is 12.3 Å².